The molecule has 0 aliphatic rings. The van der Waals surface area contributed by atoms with E-state index in [-0.39, 0.29) is 5.82 Å². The number of hydrogen-bond acceptors (Lipinski definition) is 1. The zero-order valence-corrected chi connectivity index (χ0v) is 13.6. The fourth-order valence-corrected chi connectivity index (χ4v) is 2.83. The summed E-state index contributed by atoms with van der Waals surface area (Å²) in [6.07, 6.45) is 0. The summed E-state index contributed by atoms with van der Waals surface area (Å²) in [6.45, 7) is 2.35. The van der Waals surface area contributed by atoms with Crippen molar-refractivity contribution in [3.8, 4) is 5.75 Å². The first kappa shape index (κ1) is 14.5. The van der Waals surface area contributed by atoms with Gasteiger partial charge in [-0.1, -0.05) is 50.1 Å². The Morgan fingerprint density at radius 3 is 2.68 bits per heavy atom. The molecule has 0 aliphatic heterocycles. The number of ether oxygens (including phenoxy) is 1. The smallest absolute Gasteiger partial charge is 0.126 e. The second kappa shape index (κ2) is 6.53. The van der Waals surface area contributed by atoms with Crippen LogP contribution in [0.15, 0.2) is 40.9 Å². The van der Waals surface area contributed by atoms with E-state index in [0.717, 1.165) is 32.2 Å². The zero-order chi connectivity index (χ0) is 13.8. The Morgan fingerprint density at radius 2 is 2.00 bits per heavy atom. The standard InChI is InChI=1S/C15H13Br2FO/c1-10-3-2-4-12(8-16)15(10)19-9-11-5-13(17)7-14(18)6-11/h2-7H,8-9H2,1H3. The summed E-state index contributed by atoms with van der Waals surface area (Å²) in [5.41, 5.74) is 2.97. The summed E-state index contributed by atoms with van der Waals surface area (Å²) in [5, 5.41) is 0.733. The van der Waals surface area contributed by atoms with Crippen LogP contribution in [0.25, 0.3) is 0 Å². The monoisotopic (exact) mass is 386 g/mol. The van der Waals surface area contributed by atoms with Gasteiger partial charge in [0.05, 0.1) is 0 Å². The molecule has 2 rings (SSSR count). The van der Waals surface area contributed by atoms with Gasteiger partial charge in [-0.05, 0) is 36.2 Å². The zero-order valence-electron chi connectivity index (χ0n) is 10.4. The lowest BCUT2D eigenvalue weighted by Crippen LogP contribution is -2.00. The lowest BCUT2D eigenvalue weighted by molar-refractivity contribution is 0.301. The quantitative estimate of drug-likeness (QED) is 0.640. The fourth-order valence-electron chi connectivity index (χ4n) is 1.87. The molecule has 2 aromatic rings. The highest BCUT2D eigenvalue weighted by Crippen LogP contribution is 2.26. The maximum absolute atomic E-state index is 13.3. The first-order valence-electron chi connectivity index (χ1n) is 5.82. The van der Waals surface area contributed by atoms with E-state index in [4.69, 9.17) is 4.74 Å². The molecule has 0 radical (unpaired) electrons. The van der Waals surface area contributed by atoms with E-state index in [1.54, 1.807) is 0 Å². The Kier molecular flexibility index (Phi) is 4.99. The maximum atomic E-state index is 13.3. The van der Waals surface area contributed by atoms with Crippen molar-refractivity contribution in [1.82, 2.24) is 0 Å². The predicted molar refractivity (Wildman–Crippen MR) is 82.2 cm³/mol. The molecule has 100 valence electrons. The highest BCUT2D eigenvalue weighted by molar-refractivity contribution is 9.10. The van der Waals surface area contributed by atoms with Crippen LogP contribution in [0.5, 0.6) is 5.75 Å². The van der Waals surface area contributed by atoms with Crippen LogP contribution in [0.1, 0.15) is 16.7 Å². The van der Waals surface area contributed by atoms with Crippen molar-refractivity contribution < 1.29 is 9.13 Å². The molecular weight excluding hydrogens is 375 g/mol. The van der Waals surface area contributed by atoms with Crippen LogP contribution >= 0.6 is 31.9 Å². The van der Waals surface area contributed by atoms with Crippen LogP contribution < -0.4 is 4.74 Å². The maximum Gasteiger partial charge on any atom is 0.126 e. The van der Waals surface area contributed by atoms with Gasteiger partial charge in [0.1, 0.15) is 18.2 Å². The number of rotatable bonds is 4. The van der Waals surface area contributed by atoms with Crippen LogP contribution in [-0.4, -0.2) is 0 Å². The van der Waals surface area contributed by atoms with Crippen molar-refractivity contribution in [2.75, 3.05) is 0 Å². The molecule has 0 heterocycles. The van der Waals surface area contributed by atoms with E-state index in [1.807, 2.05) is 31.2 Å². The molecule has 0 saturated carbocycles. The largest absolute Gasteiger partial charge is 0.488 e. The van der Waals surface area contributed by atoms with Gasteiger partial charge in [0.25, 0.3) is 0 Å². The summed E-state index contributed by atoms with van der Waals surface area (Å²) >= 11 is 6.72. The van der Waals surface area contributed by atoms with E-state index < -0.39 is 0 Å². The molecule has 0 fully saturated rings. The molecule has 4 heteroatoms. The molecule has 0 N–H and O–H groups in total. The van der Waals surface area contributed by atoms with Crippen LogP contribution in [0.2, 0.25) is 0 Å². The van der Waals surface area contributed by atoms with Gasteiger partial charge in [-0.2, -0.15) is 0 Å². The Bertz CT molecular complexity index is 564. The van der Waals surface area contributed by atoms with Crippen LogP contribution in [0.4, 0.5) is 4.39 Å². The first-order valence-corrected chi connectivity index (χ1v) is 7.74. The highest BCUT2D eigenvalue weighted by atomic mass is 79.9. The van der Waals surface area contributed by atoms with Crippen molar-refractivity contribution in [2.45, 2.75) is 18.9 Å². The SMILES string of the molecule is Cc1cccc(CBr)c1OCc1cc(F)cc(Br)c1. The molecule has 1 nitrogen and oxygen atoms in total. The van der Waals surface area contributed by atoms with E-state index in [9.17, 15) is 4.39 Å². The van der Waals surface area contributed by atoms with Gasteiger partial charge < -0.3 is 4.74 Å². The Morgan fingerprint density at radius 1 is 1.21 bits per heavy atom. The van der Waals surface area contributed by atoms with Gasteiger partial charge in [0.15, 0.2) is 0 Å². The predicted octanol–water partition coefficient (Wildman–Crippen LogP) is 5.37. The molecule has 0 spiro atoms. The lowest BCUT2D eigenvalue weighted by Gasteiger charge is -2.13. The molecule has 0 atom stereocenters. The van der Waals surface area contributed by atoms with Gasteiger partial charge in [0, 0.05) is 15.4 Å². The molecule has 2 aromatic carbocycles. The fraction of sp³-hybridized carbons (Fsp3) is 0.200. The summed E-state index contributed by atoms with van der Waals surface area (Å²) < 4.78 is 19.8. The molecular formula is C15H13Br2FO. The molecule has 0 saturated heterocycles. The van der Waals surface area contributed by atoms with Gasteiger partial charge in [0.2, 0.25) is 0 Å². The second-order valence-corrected chi connectivity index (χ2v) is 5.74. The molecule has 0 aromatic heterocycles. The van der Waals surface area contributed by atoms with Gasteiger partial charge >= 0.3 is 0 Å². The third kappa shape index (κ3) is 3.80. The van der Waals surface area contributed by atoms with Crippen molar-refractivity contribution in [3.63, 3.8) is 0 Å². The number of alkyl halides is 1. The van der Waals surface area contributed by atoms with Crippen LogP contribution in [0, 0.1) is 12.7 Å². The topological polar surface area (TPSA) is 9.23 Å². The first-order chi connectivity index (χ1) is 9.10. The summed E-state index contributed by atoms with van der Waals surface area (Å²) in [6, 6.07) is 10.8. The number of hydrogen-bond donors (Lipinski definition) is 0. The number of halogens is 3. The lowest BCUT2D eigenvalue weighted by atomic mass is 10.1. The highest BCUT2D eigenvalue weighted by Gasteiger charge is 2.07. The summed E-state index contributed by atoms with van der Waals surface area (Å²) in [7, 11) is 0. The van der Waals surface area contributed by atoms with Crippen molar-refractivity contribution in [2.24, 2.45) is 0 Å². The van der Waals surface area contributed by atoms with Crippen molar-refractivity contribution in [3.05, 3.63) is 63.4 Å². The van der Waals surface area contributed by atoms with Crippen molar-refractivity contribution in [1.29, 1.82) is 0 Å². The normalized spacial score (nSPS) is 10.5. The molecule has 0 bridgehead atoms. The Labute approximate surface area is 129 Å². The average Bonchev–Trinajstić information content (AvgIpc) is 2.36. The van der Waals surface area contributed by atoms with Gasteiger partial charge in [-0.3, -0.25) is 0 Å². The molecule has 0 unspecified atom stereocenters. The molecule has 0 amide bonds. The summed E-state index contributed by atoms with van der Waals surface area (Å²) in [4.78, 5) is 0. The van der Waals surface area contributed by atoms with E-state index in [0.29, 0.717) is 6.61 Å². The third-order valence-corrected chi connectivity index (χ3v) is 3.80. The minimum atomic E-state index is -0.265. The van der Waals surface area contributed by atoms with Gasteiger partial charge in [-0.25, -0.2) is 4.39 Å². The van der Waals surface area contributed by atoms with Crippen molar-refractivity contribution >= 4 is 31.9 Å². The third-order valence-electron chi connectivity index (χ3n) is 2.74. The minimum Gasteiger partial charge on any atom is -0.488 e. The second-order valence-electron chi connectivity index (χ2n) is 4.26. The van der Waals surface area contributed by atoms with E-state index in [1.165, 1.54) is 12.1 Å². The Hall–Kier alpha value is -0.870. The Balaban J connectivity index is 2.18. The number of benzene rings is 2. The van der Waals surface area contributed by atoms with Crippen LogP contribution in [0.3, 0.4) is 0 Å². The molecule has 19 heavy (non-hydrogen) atoms. The van der Waals surface area contributed by atoms with E-state index >= 15 is 0 Å². The average molecular weight is 388 g/mol. The molecule has 0 aliphatic carbocycles. The number of aryl methyl sites for hydroxylation is 1. The number of para-hydroxylation sites is 1. The van der Waals surface area contributed by atoms with Gasteiger partial charge in [-0.15, -0.1) is 0 Å². The summed E-state index contributed by atoms with van der Waals surface area (Å²) in [5.74, 6) is 0.596. The minimum absolute atomic E-state index is 0.265. The van der Waals surface area contributed by atoms with Crippen LogP contribution in [-0.2, 0) is 11.9 Å². The van der Waals surface area contributed by atoms with E-state index in [2.05, 4.69) is 31.9 Å².